The van der Waals surface area contributed by atoms with Gasteiger partial charge < -0.3 is 0 Å². The third kappa shape index (κ3) is 3.36. The molecule has 0 saturated heterocycles. The lowest BCUT2D eigenvalue weighted by Gasteiger charge is -2.10. The Kier molecular flexibility index (Phi) is 4.14. The van der Waals surface area contributed by atoms with E-state index in [9.17, 15) is 8.42 Å². The highest BCUT2D eigenvalue weighted by Gasteiger charge is 2.32. The van der Waals surface area contributed by atoms with Crippen LogP contribution >= 0.6 is 11.6 Å². The van der Waals surface area contributed by atoms with Gasteiger partial charge in [-0.05, 0) is 43.9 Å². The molecule has 0 aliphatic heterocycles. The van der Waals surface area contributed by atoms with Crippen LogP contribution in [-0.2, 0) is 16.6 Å². The van der Waals surface area contributed by atoms with Crippen LogP contribution in [0.3, 0.4) is 0 Å². The van der Waals surface area contributed by atoms with Gasteiger partial charge >= 0.3 is 0 Å². The Balaban J connectivity index is 1.45. The minimum atomic E-state index is -3.60. The van der Waals surface area contributed by atoms with Crippen LogP contribution in [0.25, 0.3) is 0 Å². The average Bonchev–Trinajstić information content (AvgIpc) is 3.46. The zero-order valence-corrected chi connectivity index (χ0v) is 14.9. The largest absolute Gasteiger partial charge is 0.268 e. The summed E-state index contributed by atoms with van der Waals surface area (Å²) in [5.41, 5.74) is 2.43. The van der Waals surface area contributed by atoms with E-state index >= 15 is 0 Å². The second kappa shape index (κ2) is 6.17. The Hall–Kier alpha value is -1.37. The van der Waals surface area contributed by atoms with Gasteiger partial charge in [-0.1, -0.05) is 23.7 Å². The molecular weight excluding hydrogens is 346 g/mol. The molecule has 2 saturated carbocycles. The molecule has 1 aromatic heterocycles. The molecule has 0 radical (unpaired) electrons. The Morgan fingerprint density at radius 1 is 1.17 bits per heavy atom. The molecule has 5 nitrogen and oxygen atoms in total. The standard InChI is InChI=1S/C17H20ClN3O2S/c18-14-3-1-2-4-17(14)24(22,23)19-9-10-21-16(13-7-8-13)11-15(20-21)12-5-6-12/h1-4,11-13,19H,5-10H2. The van der Waals surface area contributed by atoms with E-state index in [1.54, 1.807) is 18.2 Å². The van der Waals surface area contributed by atoms with Crippen molar-refractivity contribution in [3.63, 3.8) is 0 Å². The lowest BCUT2D eigenvalue weighted by Crippen LogP contribution is -2.28. The van der Waals surface area contributed by atoms with Crippen molar-refractivity contribution in [3.05, 3.63) is 46.7 Å². The molecule has 2 aromatic rings. The number of hydrogen-bond donors (Lipinski definition) is 1. The highest BCUT2D eigenvalue weighted by molar-refractivity contribution is 7.89. The van der Waals surface area contributed by atoms with E-state index in [2.05, 4.69) is 10.8 Å². The first kappa shape index (κ1) is 16.1. The van der Waals surface area contributed by atoms with Gasteiger partial charge in [-0.15, -0.1) is 0 Å². The van der Waals surface area contributed by atoms with Crippen LogP contribution in [0.15, 0.2) is 35.2 Å². The number of aromatic nitrogens is 2. The van der Waals surface area contributed by atoms with Crippen LogP contribution in [0.1, 0.15) is 48.9 Å². The van der Waals surface area contributed by atoms with Gasteiger partial charge in [-0.2, -0.15) is 5.10 Å². The SMILES string of the molecule is O=S(=O)(NCCn1nc(C2CC2)cc1C1CC1)c1ccccc1Cl. The van der Waals surface area contributed by atoms with Crippen LogP contribution in [-0.4, -0.2) is 24.7 Å². The minimum Gasteiger partial charge on any atom is -0.268 e. The third-order valence-electron chi connectivity index (χ3n) is 4.56. The molecule has 0 bridgehead atoms. The van der Waals surface area contributed by atoms with Crippen molar-refractivity contribution in [2.24, 2.45) is 0 Å². The smallest absolute Gasteiger partial charge is 0.242 e. The lowest BCUT2D eigenvalue weighted by molar-refractivity contribution is 0.548. The first-order valence-corrected chi connectivity index (χ1v) is 10.2. The fraction of sp³-hybridized carbons (Fsp3) is 0.471. The summed E-state index contributed by atoms with van der Waals surface area (Å²) in [4.78, 5) is 0.119. The molecule has 1 N–H and O–H groups in total. The predicted molar refractivity (Wildman–Crippen MR) is 92.8 cm³/mol. The van der Waals surface area contributed by atoms with Gasteiger partial charge in [0.2, 0.25) is 10.0 Å². The summed E-state index contributed by atoms with van der Waals surface area (Å²) in [7, 11) is -3.60. The Morgan fingerprint density at radius 2 is 1.88 bits per heavy atom. The number of sulfonamides is 1. The van der Waals surface area contributed by atoms with Crippen molar-refractivity contribution in [2.75, 3.05) is 6.54 Å². The number of benzene rings is 1. The highest BCUT2D eigenvalue weighted by Crippen LogP contribution is 2.44. The van der Waals surface area contributed by atoms with Gasteiger partial charge in [0.1, 0.15) is 4.90 Å². The first-order valence-electron chi connectivity index (χ1n) is 8.36. The van der Waals surface area contributed by atoms with Crippen LogP contribution in [0.2, 0.25) is 5.02 Å². The van der Waals surface area contributed by atoms with Gasteiger partial charge in [0.05, 0.1) is 17.3 Å². The van der Waals surface area contributed by atoms with Gasteiger partial charge in [0, 0.05) is 24.1 Å². The van der Waals surface area contributed by atoms with Gasteiger partial charge in [-0.25, -0.2) is 13.1 Å². The van der Waals surface area contributed by atoms with Crippen LogP contribution < -0.4 is 4.72 Å². The summed E-state index contributed by atoms with van der Waals surface area (Å²) < 4.78 is 29.4. The summed E-state index contributed by atoms with van der Waals surface area (Å²) in [5, 5.41) is 4.93. The molecule has 128 valence electrons. The molecule has 2 aliphatic carbocycles. The summed E-state index contributed by atoms with van der Waals surface area (Å²) in [6.45, 7) is 0.849. The van der Waals surface area contributed by atoms with E-state index in [1.807, 2.05) is 4.68 Å². The van der Waals surface area contributed by atoms with Crippen LogP contribution in [0.4, 0.5) is 0 Å². The third-order valence-corrected chi connectivity index (χ3v) is 6.52. The second-order valence-electron chi connectivity index (χ2n) is 6.59. The van der Waals surface area contributed by atoms with E-state index < -0.39 is 10.0 Å². The molecule has 0 spiro atoms. The number of nitrogens with zero attached hydrogens (tertiary/aromatic N) is 2. The van der Waals surface area contributed by atoms with Crippen molar-refractivity contribution in [1.82, 2.24) is 14.5 Å². The fourth-order valence-electron chi connectivity index (χ4n) is 2.94. The van der Waals surface area contributed by atoms with Crippen molar-refractivity contribution in [3.8, 4) is 0 Å². The molecule has 0 amide bonds. The molecule has 2 fully saturated rings. The average molecular weight is 366 g/mol. The number of halogens is 1. The molecule has 1 aromatic carbocycles. The highest BCUT2D eigenvalue weighted by atomic mass is 35.5. The zero-order valence-electron chi connectivity index (χ0n) is 13.3. The minimum absolute atomic E-state index is 0.119. The second-order valence-corrected chi connectivity index (χ2v) is 8.74. The summed E-state index contributed by atoms with van der Waals surface area (Å²) in [5.74, 6) is 1.22. The molecule has 0 atom stereocenters. The predicted octanol–water partition coefficient (Wildman–Crippen LogP) is 3.27. The summed E-state index contributed by atoms with van der Waals surface area (Å²) in [6, 6.07) is 8.70. The van der Waals surface area contributed by atoms with Gasteiger partial charge in [-0.3, -0.25) is 4.68 Å². The normalized spacial score (nSPS) is 18.0. The molecular formula is C17H20ClN3O2S. The molecule has 4 rings (SSSR count). The van der Waals surface area contributed by atoms with Gasteiger partial charge in [0.25, 0.3) is 0 Å². The van der Waals surface area contributed by atoms with Crippen molar-refractivity contribution < 1.29 is 8.42 Å². The van der Waals surface area contributed by atoms with E-state index in [0.29, 0.717) is 24.9 Å². The van der Waals surface area contributed by atoms with Crippen molar-refractivity contribution in [2.45, 2.75) is 49.0 Å². The maximum absolute atomic E-state index is 12.4. The van der Waals surface area contributed by atoms with Gasteiger partial charge in [0.15, 0.2) is 0 Å². The molecule has 1 heterocycles. The number of hydrogen-bond acceptors (Lipinski definition) is 3. The molecule has 0 unspecified atom stereocenters. The summed E-state index contributed by atoms with van der Waals surface area (Å²) >= 11 is 5.99. The first-order chi connectivity index (χ1) is 11.5. The Morgan fingerprint density at radius 3 is 2.54 bits per heavy atom. The van der Waals surface area contributed by atoms with Crippen LogP contribution in [0, 0.1) is 0 Å². The Labute approximate surface area is 147 Å². The molecule has 24 heavy (non-hydrogen) atoms. The Bertz CT molecular complexity index is 854. The van der Waals surface area contributed by atoms with E-state index in [4.69, 9.17) is 16.7 Å². The maximum atomic E-state index is 12.4. The van der Waals surface area contributed by atoms with E-state index in [-0.39, 0.29) is 9.92 Å². The van der Waals surface area contributed by atoms with Crippen LogP contribution in [0.5, 0.6) is 0 Å². The lowest BCUT2D eigenvalue weighted by atomic mass is 10.2. The van der Waals surface area contributed by atoms with Crippen molar-refractivity contribution in [1.29, 1.82) is 0 Å². The van der Waals surface area contributed by atoms with E-state index in [1.165, 1.54) is 43.1 Å². The number of rotatable bonds is 7. The topological polar surface area (TPSA) is 64.0 Å². The summed E-state index contributed by atoms with van der Waals surface area (Å²) in [6.07, 6.45) is 4.86. The molecule has 2 aliphatic rings. The molecule has 7 heteroatoms. The fourth-order valence-corrected chi connectivity index (χ4v) is 4.48. The quantitative estimate of drug-likeness (QED) is 0.819. The number of nitrogens with one attached hydrogen (secondary N) is 1. The zero-order chi connectivity index (χ0) is 16.7. The van der Waals surface area contributed by atoms with E-state index in [0.717, 1.165) is 0 Å². The van der Waals surface area contributed by atoms with Crippen molar-refractivity contribution >= 4 is 21.6 Å². The maximum Gasteiger partial charge on any atom is 0.242 e. The monoisotopic (exact) mass is 365 g/mol.